The molecular weight excluding hydrogens is 236 g/mol. The third kappa shape index (κ3) is 7.28. The van der Waals surface area contributed by atoms with Crippen LogP contribution in [0, 0.1) is 5.92 Å². The van der Waals surface area contributed by atoms with E-state index in [9.17, 15) is 0 Å². The molecule has 0 aromatic rings. The quantitative estimate of drug-likeness (QED) is 0.625. The highest BCUT2D eigenvalue weighted by Gasteiger charge is 2.26. The SMILES string of the molecule is CCC(CC)N(CCOC)C(CNC(C)C)C(C)C. The molecule has 1 unspecified atom stereocenters. The first-order chi connectivity index (χ1) is 8.97. The number of nitrogens with one attached hydrogen (secondary N) is 1. The van der Waals surface area contributed by atoms with Gasteiger partial charge in [0, 0.05) is 38.3 Å². The number of ether oxygens (including phenoxy) is 1. The second-order valence-electron chi connectivity index (χ2n) is 6.08. The van der Waals surface area contributed by atoms with Gasteiger partial charge < -0.3 is 10.1 Å². The van der Waals surface area contributed by atoms with Gasteiger partial charge in [0.05, 0.1) is 6.61 Å². The van der Waals surface area contributed by atoms with E-state index >= 15 is 0 Å². The fourth-order valence-corrected chi connectivity index (χ4v) is 2.67. The summed E-state index contributed by atoms with van der Waals surface area (Å²) in [4.78, 5) is 2.66. The molecule has 1 N–H and O–H groups in total. The van der Waals surface area contributed by atoms with Crippen molar-refractivity contribution in [3.8, 4) is 0 Å². The van der Waals surface area contributed by atoms with E-state index in [0.717, 1.165) is 19.7 Å². The van der Waals surface area contributed by atoms with Crippen molar-refractivity contribution in [1.82, 2.24) is 10.2 Å². The average Bonchev–Trinajstić information content (AvgIpc) is 2.35. The summed E-state index contributed by atoms with van der Waals surface area (Å²) in [6.45, 7) is 16.6. The highest BCUT2D eigenvalue weighted by Crippen LogP contribution is 2.18. The molecule has 3 nitrogen and oxygen atoms in total. The average molecular weight is 272 g/mol. The summed E-state index contributed by atoms with van der Waals surface area (Å²) in [6, 6.07) is 1.80. The predicted octanol–water partition coefficient (Wildman–Crippen LogP) is 3.15. The lowest BCUT2D eigenvalue weighted by Gasteiger charge is -2.40. The molecular formula is C16H36N2O. The Balaban J connectivity index is 4.79. The number of nitrogens with zero attached hydrogens (tertiary/aromatic N) is 1. The Morgan fingerprint density at radius 2 is 1.63 bits per heavy atom. The maximum absolute atomic E-state index is 5.30. The Bertz CT molecular complexity index is 203. The van der Waals surface area contributed by atoms with Crippen molar-refractivity contribution < 1.29 is 4.74 Å². The summed E-state index contributed by atoms with van der Waals surface area (Å²) in [7, 11) is 1.79. The number of hydrogen-bond donors (Lipinski definition) is 1. The molecule has 0 aliphatic heterocycles. The first-order valence-electron chi connectivity index (χ1n) is 7.95. The van der Waals surface area contributed by atoms with Crippen LogP contribution in [-0.4, -0.2) is 49.8 Å². The third-order valence-corrected chi connectivity index (χ3v) is 3.90. The second-order valence-corrected chi connectivity index (χ2v) is 6.08. The smallest absolute Gasteiger partial charge is 0.0589 e. The Labute approximate surface area is 121 Å². The highest BCUT2D eigenvalue weighted by molar-refractivity contribution is 4.82. The molecule has 1 atom stereocenters. The van der Waals surface area contributed by atoms with Crippen LogP contribution >= 0.6 is 0 Å². The first kappa shape index (κ1) is 18.9. The minimum absolute atomic E-state index is 0.548. The molecule has 0 amide bonds. The van der Waals surface area contributed by atoms with Gasteiger partial charge in [-0.25, -0.2) is 0 Å². The van der Waals surface area contributed by atoms with E-state index in [-0.39, 0.29) is 0 Å². The Kier molecular flexibility index (Phi) is 10.6. The normalized spacial score (nSPS) is 14.1. The van der Waals surface area contributed by atoms with Gasteiger partial charge in [-0.15, -0.1) is 0 Å². The van der Waals surface area contributed by atoms with Gasteiger partial charge >= 0.3 is 0 Å². The molecule has 0 aromatic carbocycles. The van der Waals surface area contributed by atoms with Crippen LogP contribution in [0.5, 0.6) is 0 Å². The molecule has 0 aliphatic carbocycles. The van der Waals surface area contributed by atoms with Crippen molar-refractivity contribution in [2.24, 2.45) is 5.92 Å². The number of hydrogen-bond acceptors (Lipinski definition) is 3. The van der Waals surface area contributed by atoms with Crippen molar-refractivity contribution in [3.05, 3.63) is 0 Å². The summed E-state index contributed by atoms with van der Waals surface area (Å²) in [6.07, 6.45) is 2.43. The van der Waals surface area contributed by atoms with Crippen LogP contribution in [0.1, 0.15) is 54.4 Å². The van der Waals surface area contributed by atoms with E-state index in [4.69, 9.17) is 4.74 Å². The minimum Gasteiger partial charge on any atom is -0.383 e. The summed E-state index contributed by atoms with van der Waals surface area (Å²) < 4.78 is 5.30. The standard InChI is InChI=1S/C16H36N2O/c1-8-15(9-2)18(10-11-19-7)16(13(3)4)12-17-14(5)6/h13-17H,8-12H2,1-7H3. The topological polar surface area (TPSA) is 24.5 Å². The Hall–Kier alpha value is -0.120. The zero-order valence-corrected chi connectivity index (χ0v) is 14.2. The monoisotopic (exact) mass is 272 g/mol. The minimum atomic E-state index is 0.548. The van der Waals surface area contributed by atoms with Crippen molar-refractivity contribution in [3.63, 3.8) is 0 Å². The lowest BCUT2D eigenvalue weighted by Crippen LogP contribution is -2.52. The molecule has 0 aromatic heterocycles. The summed E-state index contributed by atoms with van der Waals surface area (Å²) in [5.74, 6) is 0.656. The van der Waals surface area contributed by atoms with E-state index in [1.54, 1.807) is 7.11 Å². The Morgan fingerprint density at radius 3 is 2.00 bits per heavy atom. The van der Waals surface area contributed by atoms with Crippen LogP contribution in [0.3, 0.4) is 0 Å². The third-order valence-electron chi connectivity index (χ3n) is 3.90. The summed E-state index contributed by atoms with van der Waals surface area (Å²) in [5, 5.41) is 3.60. The molecule has 0 heterocycles. The molecule has 0 rings (SSSR count). The van der Waals surface area contributed by atoms with Crippen LogP contribution in [0.15, 0.2) is 0 Å². The molecule has 0 aliphatic rings. The van der Waals surface area contributed by atoms with Crippen LogP contribution in [-0.2, 0) is 4.74 Å². The maximum Gasteiger partial charge on any atom is 0.0589 e. The Morgan fingerprint density at radius 1 is 1.05 bits per heavy atom. The lowest BCUT2D eigenvalue weighted by atomic mass is 9.98. The van der Waals surface area contributed by atoms with Crippen LogP contribution in [0.2, 0.25) is 0 Å². The van der Waals surface area contributed by atoms with Gasteiger partial charge in [-0.1, -0.05) is 41.5 Å². The van der Waals surface area contributed by atoms with Gasteiger partial charge in [-0.3, -0.25) is 4.90 Å². The van der Waals surface area contributed by atoms with Crippen LogP contribution in [0.4, 0.5) is 0 Å². The van der Waals surface area contributed by atoms with Crippen molar-refractivity contribution in [2.75, 3.05) is 26.8 Å². The maximum atomic E-state index is 5.30. The van der Waals surface area contributed by atoms with E-state index in [1.165, 1.54) is 12.8 Å². The predicted molar refractivity (Wildman–Crippen MR) is 84.7 cm³/mol. The van der Waals surface area contributed by atoms with Gasteiger partial charge in [0.15, 0.2) is 0 Å². The van der Waals surface area contributed by atoms with Crippen LogP contribution in [0.25, 0.3) is 0 Å². The van der Waals surface area contributed by atoms with E-state index < -0.39 is 0 Å². The number of methoxy groups -OCH3 is 1. The second kappa shape index (κ2) is 10.6. The van der Waals surface area contributed by atoms with E-state index in [2.05, 4.69) is 51.8 Å². The van der Waals surface area contributed by atoms with Gasteiger partial charge in [-0.05, 0) is 18.8 Å². The fourth-order valence-electron chi connectivity index (χ4n) is 2.67. The van der Waals surface area contributed by atoms with Gasteiger partial charge in [0.1, 0.15) is 0 Å². The van der Waals surface area contributed by atoms with Crippen molar-refractivity contribution in [1.29, 1.82) is 0 Å². The molecule has 0 saturated heterocycles. The van der Waals surface area contributed by atoms with Crippen LogP contribution < -0.4 is 5.32 Å². The molecule has 19 heavy (non-hydrogen) atoms. The van der Waals surface area contributed by atoms with E-state index in [0.29, 0.717) is 24.0 Å². The van der Waals surface area contributed by atoms with Gasteiger partial charge in [0.25, 0.3) is 0 Å². The molecule has 0 saturated carbocycles. The zero-order valence-electron chi connectivity index (χ0n) is 14.2. The van der Waals surface area contributed by atoms with Gasteiger partial charge in [0.2, 0.25) is 0 Å². The fraction of sp³-hybridized carbons (Fsp3) is 1.00. The molecule has 0 spiro atoms. The largest absolute Gasteiger partial charge is 0.383 e. The van der Waals surface area contributed by atoms with E-state index in [1.807, 2.05) is 0 Å². The lowest BCUT2D eigenvalue weighted by molar-refractivity contribution is 0.0589. The van der Waals surface area contributed by atoms with Crippen molar-refractivity contribution in [2.45, 2.75) is 72.5 Å². The molecule has 0 bridgehead atoms. The van der Waals surface area contributed by atoms with Crippen molar-refractivity contribution >= 4 is 0 Å². The summed E-state index contributed by atoms with van der Waals surface area (Å²) >= 11 is 0. The summed E-state index contributed by atoms with van der Waals surface area (Å²) in [5.41, 5.74) is 0. The molecule has 116 valence electrons. The highest BCUT2D eigenvalue weighted by atomic mass is 16.5. The molecule has 0 radical (unpaired) electrons. The number of rotatable bonds is 11. The molecule has 3 heteroatoms. The zero-order chi connectivity index (χ0) is 14.8. The first-order valence-corrected chi connectivity index (χ1v) is 7.95. The molecule has 0 fully saturated rings. The van der Waals surface area contributed by atoms with Gasteiger partial charge in [-0.2, -0.15) is 0 Å².